The molecule has 0 radical (unpaired) electrons. The fourth-order valence-electron chi connectivity index (χ4n) is 2.41. The molecule has 8 heteroatoms. The predicted octanol–water partition coefficient (Wildman–Crippen LogP) is 3.38. The highest BCUT2D eigenvalue weighted by atomic mass is 32.2. The predicted molar refractivity (Wildman–Crippen MR) is 91.0 cm³/mol. The maximum absolute atomic E-state index is 5.66. The Morgan fingerprint density at radius 1 is 1.17 bits per heavy atom. The summed E-state index contributed by atoms with van der Waals surface area (Å²) in [6.07, 6.45) is 0. The number of fused-ring (bicyclic) bond motifs is 3. The summed E-state index contributed by atoms with van der Waals surface area (Å²) in [5.41, 5.74) is 1.71. The second-order valence-corrected chi connectivity index (χ2v) is 6.73. The van der Waals surface area contributed by atoms with Crippen molar-refractivity contribution in [3.05, 3.63) is 41.9 Å². The highest BCUT2D eigenvalue weighted by Gasteiger charge is 2.14. The van der Waals surface area contributed by atoms with E-state index in [9.17, 15) is 0 Å². The third kappa shape index (κ3) is 2.62. The summed E-state index contributed by atoms with van der Waals surface area (Å²) in [6.45, 7) is 5.93. The van der Waals surface area contributed by atoms with Gasteiger partial charge in [0.2, 0.25) is 11.8 Å². The minimum absolute atomic E-state index is 0.222. The Labute approximate surface area is 142 Å². The first-order chi connectivity index (χ1) is 11.6. The van der Waals surface area contributed by atoms with Gasteiger partial charge in [0.15, 0.2) is 10.8 Å². The molecule has 24 heavy (non-hydrogen) atoms. The van der Waals surface area contributed by atoms with Crippen LogP contribution in [0.4, 0.5) is 0 Å². The van der Waals surface area contributed by atoms with Crippen molar-refractivity contribution in [3.63, 3.8) is 0 Å². The number of para-hydroxylation sites is 1. The molecule has 0 saturated heterocycles. The zero-order valence-electron chi connectivity index (χ0n) is 13.6. The zero-order valence-corrected chi connectivity index (χ0v) is 14.4. The molecule has 0 spiro atoms. The highest BCUT2D eigenvalue weighted by Crippen LogP contribution is 2.26. The van der Waals surface area contributed by atoms with Gasteiger partial charge in [0.1, 0.15) is 5.82 Å². The molecule has 0 amide bonds. The molecule has 0 aliphatic heterocycles. The maximum atomic E-state index is 5.66. The molecule has 0 fully saturated rings. The van der Waals surface area contributed by atoms with Gasteiger partial charge in [0, 0.05) is 11.3 Å². The number of aryl methyl sites for hydroxylation is 1. The lowest BCUT2D eigenvalue weighted by molar-refractivity contribution is 0.445. The molecule has 0 aliphatic carbocycles. The van der Waals surface area contributed by atoms with E-state index in [1.54, 1.807) is 4.52 Å². The first-order valence-corrected chi connectivity index (χ1v) is 8.67. The summed E-state index contributed by atoms with van der Waals surface area (Å²) in [4.78, 5) is 9.24. The first-order valence-electron chi connectivity index (χ1n) is 7.69. The van der Waals surface area contributed by atoms with Crippen molar-refractivity contribution >= 4 is 28.3 Å². The number of thioether (sulfide) groups is 1. The lowest BCUT2D eigenvalue weighted by Crippen LogP contribution is -1.98. The van der Waals surface area contributed by atoms with Crippen LogP contribution in [-0.2, 0) is 5.75 Å². The Morgan fingerprint density at radius 3 is 2.79 bits per heavy atom. The number of rotatable bonds is 4. The molecule has 4 aromatic rings. The Bertz CT molecular complexity index is 1020. The van der Waals surface area contributed by atoms with E-state index >= 15 is 0 Å². The van der Waals surface area contributed by atoms with Crippen LogP contribution in [0.5, 0.6) is 0 Å². The van der Waals surface area contributed by atoms with Gasteiger partial charge in [-0.3, -0.25) is 0 Å². The lowest BCUT2D eigenvalue weighted by Gasteiger charge is -2.04. The van der Waals surface area contributed by atoms with E-state index in [1.165, 1.54) is 11.8 Å². The second kappa shape index (κ2) is 5.86. The molecule has 0 aliphatic rings. The van der Waals surface area contributed by atoms with Gasteiger partial charge < -0.3 is 4.42 Å². The van der Waals surface area contributed by atoms with Gasteiger partial charge in [-0.15, -0.1) is 15.3 Å². The summed E-state index contributed by atoms with van der Waals surface area (Å²) >= 11 is 1.51. The summed E-state index contributed by atoms with van der Waals surface area (Å²) in [5.74, 6) is 2.72. The van der Waals surface area contributed by atoms with Gasteiger partial charge in [-0.25, -0.2) is 9.97 Å². The fraction of sp³-hybridized carbons (Fsp3) is 0.312. The molecular weight excluding hydrogens is 324 g/mol. The largest absolute Gasteiger partial charge is 0.424 e. The molecule has 0 unspecified atom stereocenters. The van der Waals surface area contributed by atoms with Crippen LogP contribution in [0.25, 0.3) is 16.6 Å². The highest BCUT2D eigenvalue weighted by molar-refractivity contribution is 7.98. The number of hydrogen-bond donors (Lipinski definition) is 0. The molecule has 0 saturated carbocycles. The van der Waals surface area contributed by atoms with Crippen molar-refractivity contribution in [2.45, 2.75) is 37.6 Å². The number of nitrogens with zero attached hydrogens (tertiary/aromatic N) is 6. The van der Waals surface area contributed by atoms with Crippen LogP contribution in [0.15, 0.2) is 33.8 Å². The minimum Gasteiger partial charge on any atom is -0.424 e. The van der Waals surface area contributed by atoms with E-state index in [0.717, 1.165) is 27.5 Å². The monoisotopic (exact) mass is 340 g/mol. The van der Waals surface area contributed by atoms with Crippen LogP contribution in [-0.4, -0.2) is 29.8 Å². The topological polar surface area (TPSA) is 82.0 Å². The Hall–Kier alpha value is -2.48. The van der Waals surface area contributed by atoms with E-state index in [-0.39, 0.29) is 5.92 Å². The van der Waals surface area contributed by atoms with Crippen molar-refractivity contribution in [1.29, 1.82) is 0 Å². The summed E-state index contributed by atoms with van der Waals surface area (Å²) in [5, 5.41) is 14.4. The third-order valence-corrected chi connectivity index (χ3v) is 4.47. The summed E-state index contributed by atoms with van der Waals surface area (Å²) in [6, 6.07) is 7.93. The van der Waals surface area contributed by atoms with E-state index in [0.29, 0.717) is 17.5 Å². The van der Waals surface area contributed by atoms with Crippen molar-refractivity contribution in [3.8, 4) is 0 Å². The van der Waals surface area contributed by atoms with Crippen molar-refractivity contribution < 1.29 is 4.42 Å². The quantitative estimate of drug-likeness (QED) is 0.416. The van der Waals surface area contributed by atoms with Crippen LogP contribution in [0, 0.1) is 6.92 Å². The molecule has 7 nitrogen and oxygen atoms in total. The standard InChI is InChI=1S/C16H16N6OS/c1-9(2)15-20-19-13(23-15)8-24-16-18-12-7-5-4-6-11(12)14-17-10(3)21-22(14)16/h4-7,9H,8H2,1-3H3. The minimum atomic E-state index is 0.222. The number of hydrogen-bond acceptors (Lipinski definition) is 7. The first kappa shape index (κ1) is 15.1. The van der Waals surface area contributed by atoms with E-state index in [1.807, 2.05) is 45.0 Å². The average molecular weight is 340 g/mol. The molecule has 3 heterocycles. The normalized spacial score (nSPS) is 11.8. The molecule has 1 aromatic carbocycles. The molecule has 0 atom stereocenters. The number of aromatic nitrogens is 6. The van der Waals surface area contributed by atoms with Crippen LogP contribution in [0.1, 0.15) is 37.4 Å². The van der Waals surface area contributed by atoms with Crippen LogP contribution in [0.3, 0.4) is 0 Å². The lowest BCUT2D eigenvalue weighted by atomic mass is 10.2. The fourth-order valence-corrected chi connectivity index (χ4v) is 3.19. The van der Waals surface area contributed by atoms with Gasteiger partial charge in [-0.2, -0.15) is 4.52 Å². The molecule has 3 aromatic heterocycles. The van der Waals surface area contributed by atoms with Crippen LogP contribution in [0.2, 0.25) is 0 Å². The SMILES string of the molecule is Cc1nc2c3ccccc3nc(SCc3nnc(C(C)C)o3)n2n1. The smallest absolute Gasteiger partial charge is 0.226 e. The second-order valence-electron chi connectivity index (χ2n) is 5.78. The Morgan fingerprint density at radius 2 is 2.00 bits per heavy atom. The Kier molecular flexibility index (Phi) is 3.68. The third-order valence-electron chi connectivity index (χ3n) is 3.56. The van der Waals surface area contributed by atoms with Crippen LogP contribution < -0.4 is 0 Å². The van der Waals surface area contributed by atoms with Crippen molar-refractivity contribution in [2.75, 3.05) is 0 Å². The van der Waals surface area contributed by atoms with Crippen LogP contribution >= 0.6 is 11.8 Å². The molecule has 0 N–H and O–H groups in total. The van der Waals surface area contributed by atoms with E-state index in [4.69, 9.17) is 9.40 Å². The zero-order chi connectivity index (χ0) is 16.7. The van der Waals surface area contributed by atoms with Gasteiger partial charge in [0.25, 0.3) is 0 Å². The van der Waals surface area contributed by atoms with Gasteiger partial charge in [-0.05, 0) is 19.1 Å². The summed E-state index contributed by atoms with van der Waals surface area (Å²) in [7, 11) is 0. The molecule has 4 rings (SSSR count). The Balaban J connectivity index is 1.71. The average Bonchev–Trinajstić information content (AvgIpc) is 3.19. The molecule has 0 bridgehead atoms. The van der Waals surface area contributed by atoms with Crippen molar-refractivity contribution in [1.82, 2.24) is 29.8 Å². The van der Waals surface area contributed by atoms with Gasteiger partial charge >= 0.3 is 0 Å². The maximum Gasteiger partial charge on any atom is 0.226 e. The number of benzene rings is 1. The van der Waals surface area contributed by atoms with Crippen molar-refractivity contribution in [2.24, 2.45) is 0 Å². The van der Waals surface area contributed by atoms with Gasteiger partial charge in [-0.1, -0.05) is 37.7 Å². The van der Waals surface area contributed by atoms with E-state index < -0.39 is 0 Å². The molecule has 122 valence electrons. The summed E-state index contributed by atoms with van der Waals surface area (Å²) < 4.78 is 7.44. The molecular formula is C16H16N6OS. The van der Waals surface area contributed by atoms with E-state index in [2.05, 4.69) is 20.3 Å². The van der Waals surface area contributed by atoms with Gasteiger partial charge in [0.05, 0.1) is 11.3 Å².